The minimum absolute atomic E-state index is 0.00586. The Kier molecular flexibility index (Phi) is 4.73. The predicted octanol–water partition coefficient (Wildman–Crippen LogP) is 2.38. The lowest BCUT2D eigenvalue weighted by Gasteiger charge is -2.36. The standard InChI is InChI=1S/C15H20FNO3/c1-10-3-4-17(9-14(10)20-2)8-11-5-12(15(18)19)7-13(16)6-11/h5-7,10,14H,3-4,8-9H2,1-2H3,(H,18,19). The number of carboxylic acid groups (broad SMARTS) is 1. The Bertz CT molecular complexity index is 492. The Morgan fingerprint density at radius 2 is 2.25 bits per heavy atom. The molecule has 0 amide bonds. The van der Waals surface area contributed by atoms with E-state index in [1.165, 1.54) is 12.1 Å². The summed E-state index contributed by atoms with van der Waals surface area (Å²) in [7, 11) is 1.70. The largest absolute Gasteiger partial charge is 0.478 e. The lowest BCUT2D eigenvalue weighted by atomic mass is 9.95. The van der Waals surface area contributed by atoms with Crippen LogP contribution in [-0.2, 0) is 11.3 Å². The molecule has 2 unspecified atom stereocenters. The van der Waals surface area contributed by atoms with Crippen LogP contribution in [0.5, 0.6) is 0 Å². The normalized spacial score (nSPS) is 23.8. The first-order valence-electron chi connectivity index (χ1n) is 6.77. The van der Waals surface area contributed by atoms with Gasteiger partial charge in [0.25, 0.3) is 0 Å². The van der Waals surface area contributed by atoms with Crippen molar-refractivity contribution in [3.8, 4) is 0 Å². The molecule has 20 heavy (non-hydrogen) atoms. The first-order chi connectivity index (χ1) is 9.49. The molecule has 1 fully saturated rings. The van der Waals surface area contributed by atoms with Crippen molar-refractivity contribution in [2.75, 3.05) is 20.2 Å². The summed E-state index contributed by atoms with van der Waals surface area (Å²) < 4.78 is 18.9. The SMILES string of the molecule is COC1CN(Cc2cc(F)cc(C(=O)O)c2)CCC1C. The summed E-state index contributed by atoms with van der Waals surface area (Å²) in [5, 5.41) is 8.95. The van der Waals surface area contributed by atoms with E-state index in [0.717, 1.165) is 25.6 Å². The second-order valence-corrected chi connectivity index (χ2v) is 5.43. The van der Waals surface area contributed by atoms with E-state index in [-0.39, 0.29) is 11.7 Å². The number of carboxylic acids is 1. The number of halogens is 1. The Hall–Kier alpha value is -1.46. The Morgan fingerprint density at radius 3 is 2.90 bits per heavy atom. The highest BCUT2D eigenvalue weighted by Crippen LogP contribution is 2.21. The zero-order chi connectivity index (χ0) is 14.7. The average molecular weight is 281 g/mol. The lowest BCUT2D eigenvalue weighted by Crippen LogP contribution is -2.43. The fourth-order valence-corrected chi connectivity index (χ4v) is 2.67. The van der Waals surface area contributed by atoms with Crippen molar-refractivity contribution in [1.82, 2.24) is 4.90 Å². The molecule has 0 spiro atoms. The molecular weight excluding hydrogens is 261 g/mol. The quantitative estimate of drug-likeness (QED) is 0.920. The number of methoxy groups -OCH3 is 1. The number of benzene rings is 1. The molecule has 2 rings (SSSR count). The molecule has 1 saturated heterocycles. The number of aromatic carboxylic acids is 1. The molecule has 1 heterocycles. The molecule has 1 aliphatic heterocycles. The van der Waals surface area contributed by atoms with Crippen LogP contribution in [-0.4, -0.2) is 42.3 Å². The van der Waals surface area contributed by atoms with Gasteiger partial charge in [-0.05, 0) is 42.6 Å². The third kappa shape index (κ3) is 3.55. The highest BCUT2D eigenvalue weighted by molar-refractivity contribution is 5.87. The van der Waals surface area contributed by atoms with Gasteiger partial charge >= 0.3 is 5.97 Å². The van der Waals surface area contributed by atoms with Gasteiger partial charge in [-0.1, -0.05) is 6.92 Å². The molecule has 5 heteroatoms. The molecular formula is C15H20FNO3. The highest BCUT2D eigenvalue weighted by Gasteiger charge is 2.26. The van der Waals surface area contributed by atoms with Gasteiger partial charge in [0.1, 0.15) is 5.82 Å². The third-order valence-electron chi connectivity index (χ3n) is 3.89. The number of likely N-dealkylation sites (tertiary alicyclic amines) is 1. The number of rotatable bonds is 4. The van der Waals surface area contributed by atoms with Crippen molar-refractivity contribution in [2.24, 2.45) is 5.92 Å². The maximum absolute atomic E-state index is 13.4. The molecule has 1 N–H and O–H groups in total. The zero-order valence-corrected chi connectivity index (χ0v) is 11.8. The van der Waals surface area contributed by atoms with Crippen LogP contribution in [0, 0.1) is 11.7 Å². The number of ether oxygens (including phenoxy) is 1. The minimum Gasteiger partial charge on any atom is -0.478 e. The van der Waals surface area contributed by atoms with Gasteiger partial charge in [0.05, 0.1) is 11.7 Å². The molecule has 0 aliphatic carbocycles. The van der Waals surface area contributed by atoms with Gasteiger partial charge < -0.3 is 9.84 Å². The molecule has 0 radical (unpaired) electrons. The van der Waals surface area contributed by atoms with Crippen molar-refractivity contribution in [2.45, 2.75) is 26.0 Å². The molecule has 1 aromatic carbocycles. The van der Waals surface area contributed by atoms with E-state index >= 15 is 0 Å². The van der Waals surface area contributed by atoms with Gasteiger partial charge in [-0.25, -0.2) is 9.18 Å². The Balaban J connectivity index is 2.08. The highest BCUT2D eigenvalue weighted by atomic mass is 19.1. The fraction of sp³-hybridized carbons (Fsp3) is 0.533. The van der Waals surface area contributed by atoms with Crippen molar-refractivity contribution in [3.05, 3.63) is 35.1 Å². The average Bonchev–Trinajstić information content (AvgIpc) is 2.40. The topological polar surface area (TPSA) is 49.8 Å². The lowest BCUT2D eigenvalue weighted by molar-refractivity contribution is -0.00747. The zero-order valence-electron chi connectivity index (χ0n) is 11.8. The molecule has 0 aromatic heterocycles. The Morgan fingerprint density at radius 1 is 1.50 bits per heavy atom. The van der Waals surface area contributed by atoms with E-state index in [1.54, 1.807) is 7.11 Å². The maximum atomic E-state index is 13.4. The van der Waals surface area contributed by atoms with E-state index in [0.29, 0.717) is 18.0 Å². The van der Waals surface area contributed by atoms with E-state index < -0.39 is 11.8 Å². The second kappa shape index (κ2) is 6.33. The smallest absolute Gasteiger partial charge is 0.335 e. The van der Waals surface area contributed by atoms with E-state index in [2.05, 4.69) is 11.8 Å². The van der Waals surface area contributed by atoms with Crippen molar-refractivity contribution in [1.29, 1.82) is 0 Å². The summed E-state index contributed by atoms with van der Waals surface area (Å²) in [5.41, 5.74) is 0.681. The van der Waals surface area contributed by atoms with Crippen LogP contribution in [0.25, 0.3) is 0 Å². The molecule has 4 nitrogen and oxygen atoms in total. The summed E-state index contributed by atoms with van der Waals surface area (Å²) in [4.78, 5) is 13.1. The third-order valence-corrected chi connectivity index (χ3v) is 3.89. The first kappa shape index (κ1) is 14.9. The van der Waals surface area contributed by atoms with Crippen LogP contribution in [0.4, 0.5) is 4.39 Å². The predicted molar refractivity (Wildman–Crippen MR) is 73.2 cm³/mol. The van der Waals surface area contributed by atoms with Gasteiger partial charge in [-0.15, -0.1) is 0 Å². The van der Waals surface area contributed by atoms with Crippen molar-refractivity contribution < 1.29 is 19.0 Å². The van der Waals surface area contributed by atoms with Gasteiger partial charge in [-0.2, -0.15) is 0 Å². The van der Waals surface area contributed by atoms with Gasteiger partial charge in [-0.3, -0.25) is 4.90 Å². The minimum atomic E-state index is -1.10. The molecule has 110 valence electrons. The van der Waals surface area contributed by atoms with E-state index in [1.807, 2.05) is 0 Å². The summed E-state index contributed by atoms with van der Waals surface area (Å²) in [6.45, 7) is 4.41. The molecule has 1 aromatic rings. The van der Waals surface area contributed by atoms with Crippen LogP contribution in [0.1, 0.15) is 29.3 Å². The summed E-state index contributed by atoms with van der Waals surface area (Å²) in [6.07, 6.45) is 1.20. The number of carbonyl (C=O) groups is 1. The van der Waals surface area contributed by atoms with E-state index in [9.17, 15) is 9.18 Å². The first-order valence-corrected chi connectivity index (χ1v) is 6.77. The van der Waals surface area contributed by atoms with Crippen molar-refractivity contribution in [3.63, 3.8) is 0 Å². The number of nitrogens with zero attached hydrogens (tertiary/aromatic N) is 1. The van der Waals surface area contributed by atoms with Gasteiger partial charge in [0.15, 0.2) is 0 Å². The summed E-state index contributed by atoms with van der Waals surface area (Å²) in [6, 6.07) is 3.97. The number of hydrogen-bond acceptors (Lipinski definition) is 3. The van der Waals surface area contributed by atoms with Crippen LogP contribution in [0.15, 0.2) is 18.2 Å². The van der Waals surface area contributed by atoms with Crippen LogP contribution >= 0.6 is 0 Å². The van der Waals surface area contributed by atoms with Gasteiger partial charge in [0, 0.05) is 20.2 Å². The van der Waals surface area contributed by atoms with Crippen LogP contribution in [0.2, 0.25) is 0 Å². The number of piperidine rings is 1. The molecule has 0 saturated carbocycles. The second-order valence-electron chi connectivity index (χ2n) is 5.43. The maximum Gasteiger partial charge on any atom is 0.335 e. The number of hydrogen-bond donors (Lipinski definition) is 1. The van der Waals surface area contributed by atoms with Crippen molar-refractivity contribution >= 4 is 5.97 Å². The fourth-order valence-electron chi connectivity index (χ4n) is 2.67. The summed E-state index contributed by atoms with van der Waals surface area (Å²) >= 11 is 0. The van der Waals surface area contributed by atoms with Crippen LogP contribution in [0.3, 0.4) is 0 Å². The Labute approximate surface area is 118 Å². The molecule has 2 atom stereocenters. The summed E-state index contributed by atoms with van der Waals surface area (Å²) in [5.74, 6) is -1.10. The molecule has 0 bridgehead atoms. The van der Waals surface area contributed by atoms with E-state index in [4.69, 9.17) is 9.84 Å². The van der Waals surface area contributed by atoms with Gasteiger partial charge in [0.2, 0.25) is 0 Å². The monoisotopic (exact) mass is 281 g/mol. The van der Waals surface area contributed by atoms with Crippen LogP contribution < -0.4 is 0 Å². The molecule has 1 aliphatic rings.